The molecule has 4 rings (SSSR count). The lowest BCUT2D eigenvalue weighted by Gasteiger charge is -2.11. The minimum absolute atomic E-state index is 0.294. The Hall–Kier alpha value is -3.06. The SMILES string of the molecule is N#Cc1cc2nc(-c3ccc(Br)cc3)c(-c3ccc(Br)cc3)nc2cc1C#N. The van der Waals surface area contributed by atoms with Crippen molar-refractivity contribution in [1.29, 1.82) is 10.5 Å². The number of fused-ring (bicyclic) bond motifs is 1. The van der Waals surface area contributed by atoms with Gasteiger partial charge in [0, 0.05) is 20.1 Å². The molecular formula is C22H10Br2N4. The number of rotatable bonds is 2. The molecule has 0 bridgehead atoms. The minimum atomic E-state index is 0.294. The van der Waals surface area contributed by atoms with Gasteiger partial charge in [-0.1, -0.05) is 56.1 Å². The number of nitrogens with zero attached hydrogens (tertiary/aromatic N) is 4. The van der Waals surface area contributed by atoms with Crippen LogP contribution < -0.4 is 0 Å². The van der Waals surface area contributed by atoms with Crippen molar-refractivity contribution < 1.29 is 0 Å². The van der Waals surface area contributed by atoms with Crippen molar-refractivity contribution in [3.8, 4) is 34.7 Å². The van der Waals surface area contributed by atoms with Crippen LogP contribution in [0.1, 0.15) is 11.1 Å². The molecule has 0 spiro atoms. The number of hydrogen-bond acceptors (Lipinski definition) is 4. The number of hydrogen-bond donors (Lipinski definition) is 0. The monoisotopic (exact) mass is 488 g/mol. The van der Waals surface area contributed by atoms with Crippen LogP contribution >= 0.6 is 31.9 Å². The molecule has 0 aliphatic rings. The van der Waals surface area contributed by atoms with Gasteiger partial charge in [-0.15, -0.1) is 0 Å². The van der Waals surface area contributed by atoms with E-state index in [-0.39, 0.29) is 0 Å². The second-order valence-electron chi connectivity index (χ2n) is 6.04. The van der Waals surface area contributed by atoms with E-state index in [4.69, 9.17) is 9.97 Å². The molecule has 132 valence electrons. The van der Waals surface area contributed by atoms with Gasteiger partial charge in [0.25, 0.3) is 0 Å². The predicted molar refractivity (Wildman–Crippen MR) is 115 cm³/mol. The Labute approximate surface area is 178 Å². The van der Waals surface area contributed by atoms with Gasteiger partial charge in [-0.05, 0) is 36.4 Å². The fourth-order valence-electron chi connectivity index (χ4n) is 2.91. The van der Waals surface area contributed by atoms with Crippen molar-refractivity contribution in [1.82, 2.24) is 9.97 Å². The largest absolute Gasteiger partial charge is 0.244 e. The van der Waals surface area contributed by atoms with Crippen molar-refractivity contribution in [3.05, 3.63) is 80.7 Å². The number of nitriles is 2. The third kappa shape index (κ3) is 3.41. The summed E-state index contributed by atoms with van der Waals surface area (Å²) in [5.41, 5.74) is 5.01. The van der Waals surface area contributed by atoms with Crippen LogP contribution in [-0.4, -0.2) is 9.97 Å². The van der Waals surface area contributed by atoms with E-state index in [1.165, 1.54) is 0 Å². The number of benzene rings is 3. The highest BCUT2D eigenvalue weighted by molar-refractivity contribution is 9.10. The van der Waals surface area contributed by atoms with Crippen molar-refractivity contribution in [2.45, 2.75) is 0 Å². The van der Waals surface area contributed by atoms with Crippen LogP contribution in [0.25, 0.3) is 33.5 Å². The van der Waals surface area contributed by atoms with Crippen molar-refractivity contribution >= 4 is 42.9 Å². The maximum Gasteiger partial charge on any atom is 0.101 e. The summed E-state index contributed by atoms with van der Waals surface area (Å²) in [4.78, 5) is 9.62. The summed E-state index contributed by atoms with van der Waals surface area (Å²) < 4.78 is 1.95. The summed E-state index contributed by atoms with van der Waals surface area (Å²) in [6, 6.07) is 23.0. The van der Waals surface area contributed by atoms with Gasteiger partial charge in [0.2, 0.25) is 0 Å². The second-order valence-corrected chi connectivity index (χ2v) is 7.88. The van der Waals surface area contributed by atoms with Gasteiger partial charge < -0.3 is 0 Å². The molecule has 0 aliphatic heterocycles. The standard InChI is InChI=1S/C22H10Br2N4/c23-17-5-1-13(2-6-17)21-22(14-3-7-18(24)8-4-14)28-20-10-16(12-26)15(11-25)9-19(20)27-21/h1-10H. The summed E-state index contributed by atoms with van der Waals surface area (Å²) in [6.45, 7) is 0. The first kappa shape index (κ1) is 18.3. The molecule has 1 heterocycles. The van der Waals surface area contributed by atoms with E-state index < -0.39 is 0 Å². The van der Waals surface area contributed by atoms with Crippen LogP contribution in [-0.2, 0) is 0 Å². The zero-order valence-corrected chi connectivity index (χ0v) is 17.5. The Morgan fingerprint density at radius 2 is 0.964 bits per heavy atom. The number of aromatic nitrogens is 2. The molecule has 0 amide bonds. The molecule has 28 heavy (non-hydrogen) atoms. The lowest BCUT2D eigenvalue weighted by molar-refractivity contribution is 1.28. The van der Waals surface area contributed by atoms with E-state index in [9.17, 15) is 10.5 Å². The fourth-order valence-corrected chi connectivity index (χ4v) is 3.43. The highest BCUT2D eigenvalue weighted by atomic mass is 79.9. The molecule has 1 aromatic heterocycles. The van der Waals surface area contributed by atoms with Gasteiger partial charge in [0.1, 0.15) is 12.1 Å². The topological polar surface area (TPSA) is 73.4 Å². The first-order chi connectivity index (χ1) is 13.6. The minimum Gasteiger partial charge on any atom is -0.244 e. The van der Waals surface area contributed by atoms with E-state index in [1.807, 2.05) is 48.5 Å². The molecule has 4 nitrogen and oxygen atoms in total. The average Bonchev–Trinajstić information content (AvgIpc) is 2.73. The normalized spacial score (nSPS) is 10.4. The Balaban J connectivity index is 2.04. The smallest absolute Gasteiger partial charge is 0.101 e. The first-order valence-electron chi connectivity index (χ1n) is 8.27. The molecule has 0 radical (unpaired) electrons. The maximum atomic E-state index is 9.33. The van der Waals surface area contributed by atoms with E-state index in [1.54, 1.807) is 12.1 Å². The summed E-state index contributed by atoms with van der Waals surface area (Å²) in [6.07, 6.45) is 0. The van der Waals surface area contributed by atoms with Crippen LogP contribution in [0.15, 0.2) is 69.6 Å². The van der Waals surface area contributed by atoms with Gasteiger partial charge in [-0.3, -0.25) is 0 Å². The fraction of sp³-hybridized carbons (Fsp3) is 0. The Morgan fingerprint density at radius 1 is 0.607 bits per heavy atom. The first-order valence-corrected chi connectivity index (χ1v) is 9.85. The lowest BCUT2D eigenvalue weighted by atomic mass is 10.0. The number of halogens is 2. The molecule has 0 fully saturated rings. The van der Waals surface area contributed by atoms with Gasteiger partial charge in [0.05, 0.1) is 33.5 Å². The highest BCUT2D eigenvalue weighted by Gasteiger charge is 2.15. The van der Waals surface area contributed by atoms with Crippen molar-refractivity contribution in [3.63, 3.8) is 0 Å². The molecule has 0 saturated carbocycles. The molecular weight excluding hydrogens is 480 g/mol. The van der Waals surface area contributed by atoms with Crippen molar-refractivity contribution in [2.75, 3.05) is 0 Å². The van der Waals surface area contributed by atoms with Gasteiger partial charge in [-0.2, -0.15) is 10.5 Å². The molecule has 3 aromatic carbocycles. The highest BCUT2D eigenvalue weighted by Crippen LogP contribution is 2.33. The Bertz CT molecular complexity index is 1180. The van der Waals surface area contributed by atoms with Crippen LogP contribution in [0, 0.1) is 22.7 Å². The van der Waals surface area contributed by atoms with Gasteiger partial charge in [0.15, 0.2) is 0 Å². The van der Waals surface area contributed by atoms with E-state index in [0.29, 0.717) is 22.2 Å². The van der Waals surface area contributed by atoms with E-state index in [2.05, 4.69) is 44.0 Å². The van der Waals surface area contributed by atoms with E-state index in [0.717, 1.165) is 31.5 Å². The second kappa shape index (κ2) is 7.52. The van der Waals surface area contributed by atoms with Crippen LogP contribution in [0.3, 0.4) is 0 Å². The van der Waals surface area contributed by atoms with Crippen LogP contribution in [0.5, 0.6) is 0 Å². The molecule has 4 aromatic rings. The lowest BCUT2D eigenvalue weighted by Crippen LogP contribution is -1.97. The molecule has 6 heteroatoms. The van der Waals surface area contributed by atoms with Crippen LogP contribution in [0.2, 0.25) is 0 Å². The molecule has 0 unspecified atom stereocenters. The van der Waals surface area contributed by atoms with Crippen LogP contribution in [0.4, 0.5) is 0 Å². The zero-order chi connectivity index (χ0) is 19.7. The predicted octanol–water partition coefficient (Wildman–Crippen LogP) is 6.23. The Kier molecular flexibility index (Phi) is 4.92. The summed E-state index contributed by atoms with van der Waals surface area (Å²) >= 11 is 6.91. The molecule has 0 aliphatic carbocycles. The summed E-state index contributed by atoms with van der Waals surface area (Å²) in [5, 5.41) is 18.7. The van der Waals surface area contributed by atoms with Crippen molar-refractivity contribution in [2.24, 2.45) is 0 Å². The molecule has 0 atom stereocenters. The summed E-state index contributed by atoms with van der Waals surface area (Å²) in [7, 11) is 0. The molecule has 0 N–H and O–H groups in total. The quantitative estimate of drug-likeness (QED) is 0.334. The van der Waals surface area contributed by atoms with Gasteiger partial charge in [-0.25, -0.2) is 9.97 Å². The average molecular weight is 490 g/mol. The third-order valence-electron chi connectivity index (χ3n) is 4.28. The Morgan fingerprint density at radius 3 is 1.29 bits per heavy atom. The van der Waals surface area contributed by atoms with Gasteiger partial charge >= 0.3 is 0 Å². The third-order valence-corrected chi connectivity index (χ3v) is 5.34. The molecule has 0 saturated heterocycles. The van der Waals surface area contributed by atoms with E-state index >= 15 is 0 Å². The maximum absolute atomic E-state index is 9.33. The zero-order valence-electron chi connectivity index (χ0n) is 14.3. The summed E-state index contributed by atoms with van der Waals surface area (Å²) in [5.74, 6) is 0.